The van der Waals surface area contributed by atoms with Crippen LogP contribution in [0.4, 0.5) is 5.69 Å². The lowest BCUT2D eigenvalue weighted by Gasteiger charge is -2.10. The minimum Gasteiger partial charge on any atom is -0.355 e. The Morgan fingerprint density at radius 2 is 1.92 bits per heavy atom. The number of benzene rings is 2. The van der Waals surface area contributed by atoms with Gasteiger partial charge in [-0.25, -0.2) is 0 Å². The van der Waals surface area contributed by atoms with E-state index >= 15 is 0 Å². The Morgan fingerprint density at radius 3 is 2.73 bits per heavy atom. The predicted octanol–water partition coefficient (Wildman–Crippen LogP) is 5.73. The molecule has 7 heteroatoms. The highest BCUT2D eigenvalue weighted by molar-refractivity contribution is 8.19. The van der Waals surface area contributed by atoms with Gasteiger partial charge in [0.1, 0.15) is 0 Å². The highest BCUT2D eigenvalue weighted by atomic mass is 35.5. The zero-order chi connectivity index (χ0) is 17.9. The number of carbonyl (C=O) groups excluding carboxylic acids is 1. The lowest BCUT2D eigenvalue weighted by molar-refractivity contribution is 0.101. The molecule has 1 aliphatic heterocycles. The van der Waals surface area contributed by atoms with Crippen LogP contribution in [-0.4, -0.2) is 22.6 Å². The van der Waals surface area contributed by atoms with Crippen LogP contribution in [0.3, 0.4) is 0 Å². The number of thioether (sulfide) groups is 2. The number of rotatable bonds is 4. The third-order valence-electron chi connectivity index (χ3n) is 3.89. The zero-order valence-electron chi connectivity index (χ0n) is 13.6. The molecule has 1 aromatic heterocycles. The van der Waals surface area contributed by atoms with Gasteiger partial charge in [0.25, 0.3) is 5.91 Å². The van der Waals surface area contributed by atoms with Gasteiger partial charge in [-0.05, 0) is 29.8 Å². The molecular weight excluding hydrogens is 388 g/mol. The standard InChI is InChI=1S/C19H15ClN2O2S2/c20-14-5-1-3-12(9-14)17-11-16(22-24-17)18(23)21-15-6-2-4-13(10-15)19-25-7-8-26-19/h1-6,9-11,19H,7-8H2,(H,21,23). The highest BCUT2D eigenvalue weighted by Gasteiger charge is 2.19. The van der Waals surface area contributed by atoms with Crippen LogP contribution in [0.2, 0.25) is 5.02 Å². The second-order valence-electron chi connectivity index (χ2n) is 5.74. The van der Waals surface area contributed by atoms with E-state index in [0.717, 1.165) is 22.8 Å². The van der Waals surface area contributed by atoms with Crippen LogP contribution in [0.1, 0.15) is 20.6 Å². The number of halogens is 1. The molecule has 0 bridgehead atoms. The smallest absolute Gasteiger partial charge is 0.277 e. The van der Waals surface area contributed by atoms with Crippen molar-refractivity contribution >= 4 is 46.7 Å². The molecule has 0 spiro atoms. The molecule has 0 saturated carbocycles. The van der Waals surface area contributed by atoms with Gasteiger partial charge < -0.3 is 9.84 Å². The van der Waals surface area contributed by atoms with Crippen LogP contribution in [0.15, 0.2) is 59.1 Å². The average molecular weight is 403 g/mol. The molecular formula is C19H15ClN2O2S2. The Kier molecular flexibility index (Phi) is 5.24. The van der Waals surface area contributed by atoms with Crippen molar-refractivity contribution < 1.29 is 9.32 Å². The maximum atomic E-state index is 12.5. The highest BCUT2D eigenvalue weighted by Crippen LogP contribution is 2.45. The van der Waals surface area contributed by atoms with E-state index < -0.39 is 0 Å². The van der Waals surface area contributed by atoms with Crippen LogP contribution < -0.4 is 5.32 Å². The average Bonchev–Trinajstić information content (AvgIpc) is 3.34. The van der Waals surface area contributed by atoms with Crippen molar-refractivity contribution in [2.24, 2.45) is 0 Å². The molecule has 2 heterocycles. The molecule has 4 nitrogen and oxygen atoms in total. The first kappa shape index (κ1) is 17.5. The first-order valence-electron chi connectivity index (χ1n) is 8.06. The van der Waals surface area contributed by atoms with E-state index in [1.807, 2.05) is 53.9 Å². The summed E-state index contributed by atoms with van der Waals surface area (Å²) in [6, 6.07) is 16.8. The lowest BCUT2D eigenvalue weighted by Crippen LogP contribution is -2.12. The summed E-state index contributed by atoms with van der Waals surface area (Å²) in [5.74, 6) is 2.53. The molecule has 132 valence electrons. The normalized spacial score (nSPS) is 14.5. The molecule has 1 fully saturated rings. The van der Waals surface area contributed by atoms with Crippen molar-refractivity contribution in [1.29, 1.82) is 0 Å². The van der Waals surface area contributed by atoms with Crippen LogP contribution in [0.25, 0.3) is 11.3 Å². The molecule has 2 aromatic carbocycles. The van der Waals surface area contributed by atoms with Crippen LogP contribution >= 0.6 is 35.1 Å². The summed E-state index contributed by atoms with van der Waals surface area (Å²) in [6.45, 7) is 0. The molecule has 3 aromatic rings. The predicted molar refractivity (Wildman–Crippen MR) is 109 cm³/mol. The van der Waals surface area contributed by atoms with Gasteiger partial charge in [-0.3, -0.25) is 4.79 Å². The van der Waals surface area contributed by atoms with Crippen LogP contribution in [-0.2, 0) is 0 Å². The SMILES string of the molecule is O=C(Nc1cccc(C2SCCS2)c1)c1cc(-c2cccc(Cl)c2)on1. The number of nitrogens with zero attached hydrogens (tertiary/aromatic N) is 1. The number of carbonyl (C=O) groups is 1. The molecule has 26 heavy (non-hydrogen) atoms. The third kappa shape index (κ3) is 3.92. The van der Waals surface area contributed by atoms with Gasteiger partial charge in [-0.15, -0.1) is 23.5 Å². The number of hydrogen-bond acceptors (Lipinski definition) is 5. The molecule has 0 atom stereocenters. The van der Waals surface area contributed by atoms with Crippen molar-refractivity contribution in [3.8, 4) is 11.3 Å². The van der Waals surface area contributed by atoms with Gasteiger partial charge in [-0.2, -0.15) is 0 Å². The van der Waals surface area contributed by atoms with E-state index in [9.17, 15) is 4.79 Å². The summed E-state index contributed by atoms with van der Waals surface area (Å²) in [4.78, 5) is 12.5. The fourth-order valence-electron chi connectivity index (χ4n) is 2.67. The summed E-state index contributed by atoms with van der Waals surface area (Å²) in [5, 5.41) is 7.37. The molecule has 0 radical (unpaired) electrons. The summed E-state index contributed by atoms with van der Waals surface area (Å²) < 4.78 is 5.73. The number of hydrogen-bond donors (Lipinski definition) is 1. The Labute approximate surface area is 164 Å². The topological polar surface area (TPSA) is 55.1 Å². The maximum absolute atomic E-state index is 12.5. The van der Waals surface area contributed by atoms with Gasteiger partial charge in [0.15, 0.2) is 11.5 Å². The molecule has 1 aliphatic rings. The van der Waals surface area contributed by atoms with E-state index in [4.69, 9.17) is 16.1 Å². The van der Waals surface area contributed by atoms with Gasteiger partial charge in [-0.1, -0.05) is 41.0 Å². The largest absolute Gasteiger partial charge is 0.355 e. The van der Waals surface area contributed by atoms with Crippen molar-refractivity contribution in [3.05, 3.63) is 70.9 Å². The third-order valence-corrected chi connectivity index (χ3v) is 7.23. The van der Waals surface area contributed by atoms with Crippen LogP contribution in [0.5, 0.6) is 0 Å². The minimum absolute atomic E-state index is 0.231. The van der Waals surface area contributed by atoms with Crippen molar-refractivity contribution in [1.82, 2.24) is 5.16 Å². The Hall–Kier alpha value is -1.89. The zero-order valence-corrected chi connectivity index (χ0v) is 16.0. The monoisotopic (exact) mass is 402 g/mol. The molecule has 1 N–H and O–H groups in total. The number of anilines is 1. The summed E-state index contributed by atoms with van der Waals surface area (Å²) in [6.07, 6.45) is 0. The summed E-state index contributed by atoms with van der Waals surface area (Å²) >= 11 is 9.86. The molecule has 4 rings (SSSR count). The molecule has 0 aliphatic carbocycles. The van der Waals surface area contributed by atoms with Gasteiger partial charge in [0.2, 0.25) is 0 Å². The van der Waals surface area contributed by atoms with E-state index in [2.05, 4.69) is 16.5 Å². The second kappa shape index (κ2) is 7.78. The molecule has 1 amide bonds. The Bertz CT molecular complexity index is 939. The summed E-state index contributed by atoms with van der Waals surface area (Å²) in [5.41, 5.74) is 2.99. The first-order chi connectivity index (χ1) is 12.7. The quantitative estimate of drug-likeness (QED) is 0.604. The van der Waals surface area contributed by atoms with Gasteiger partial charge in [0.05, 0.1) is 4.58 Å². The fraction of sp³-hybridized carbons (Fsp3) is 0.158. The van der Waals surface area contributed by atoms with Gasteiger partial charge >= 0.3 is 0 Å². The number of aromatic nitrogens is 1. The van der Waals surface area contributed by atoms with E-state index in [1.54, 1.807) is 18.2 Å². The second-order valence-corrected chi connectivity index (χ2v) is 8.90. The van der Waals surface area contributed by atoms with E-state index in [-0.39, 0.29) is 11.6 Å². The van der Waals surface area contributed by atoms with Crippen LogP contribution in [0, 0.1) is 0 Å². The summed E-state index contributed by atoms with van der Waals surface area (Å²) in [7, 11) is 0. The Morgan fingerprint density at radius 1 is 1.12 bits per heavy atom. The first-order valence-corrected chi connectivity index (χ1v) is 10.5. The maximum Gasteiger partial charge on any atom is 0.277 e. The minimum atomic E-state index is -0.300. The fourth-order valence-corrected chi connectivity index (χ4v) is 5.70. The number of amides is 1. The lowest BCUT2D eigenvalue weighted by atomic mass is 10.1. The van der Waals surface area contributed by atoms with Gasteiger partial charge in [0, 0.05) is 33.8 Å². The van der Waals surface area contributed by atoms with E-state index in [1.165, 1.54) is 5.56 Å². The molecule has 0 unspecified atom stereocenters. The molecule has 1 saturated heterocycles. The van der Waals surface area contributed by atoms with Crippen molar-refractivity contribution in [3.63, 3.8) is 0 Å². The Balaban J connectivity index is 1.49. The van der Waals surface area contributed by atoms with Crippen molar-refractivity contribution in [2.75, 3.05) is 16.8 Å². The van der Waals surface area contributed by atoms with E-state index in [0.29, 0.717) is 15.4 Å². The van der Waals surface area contributed by atoms with Crippen molar-refractivity contribution in [2.45, 2.75) is 4.58 Å². The number of nitrogens with one attached hydrogen (secondary N) is 1.